The lowest BCUT2D eigenvalue weighted by Gasteiger charge is -2.08. The minimum absolute atomic E-state index is 0.255. The average molecular weight is 159 g/mol. The monoisotopic (exact) mass is 159 g/mol. The second-order valence-corrected chi connectivity index (χ2v) is 2.73. The lowest BCUT2D eigenvalue weighted by molar-refractivity contribution is 1.05. The summed E-state index contributed by atoms with van der Waals surface area (Å²) in [5.41, 5.74) is 1.90. The van der Waals surface area contributed by atoms with Gasteiger partial charge < -0.3 is 0 Å². The largest absolute Gasteiger partial charge is 0.0842 e. The molecule has 0 amide bonds. The van der Waals surface area contributed by atoms with Gasteiger partial charge in [-0.05, 0) is 23.9 Å². The molecule has 12 heavy (non-hydrogen) atoms. The molecular weight excluding hydrogens is 144 g/mol. The first kappa shape index (κ1) is 4.66. The molecule has 1 aliphatic carbocycles. The standard InChI is InChI=1S/C12H12/c1-3-7-11(8-4-1)12-9-5-2-6-10-12/h1-5,7-9H,6,10H2/i5D,6D2. The quantitative estimate of drug-likeness (QED) is 0.589. The van der Waals surface area contributed by atoms with Crippen molar-refractivity contribution in [2.45, 2.75) is 12.8 Å². The third kappa shape index (κ3) is 1.48. The van der Waals surface area contributed by atoms with E-state index in [0.717, 1.165) is 11.1 Å². The fraction of sp³-hybridized carbons (Fsp3) is 0.167. The van der Waals surface area contributed by atoms with Gasteiger partial charge in [-0.2, -0.15) is 0 Å². The van der Waals surface area contributed by atoms with E-state index in [9.17, 15) is 0 Å². The molecule has 1 aromatic rings. The first-order valence-corrected chi connectivity index (χ1v) is 4.02. The van der Waals surface area contributed by atoms with Gasteiger partial charge in [0.25, 0.3) is 0 Å². The smallest absolute Gasteiger partial charge is 0.0619 e. The van der Waals surface area contributed by atoms with Gasteiger partial charge in [-0.25, -0.2) is 0 Å². The fourth-order valence-electron chi connectivity index (χ4n) is 1.25. The summed E-state index contributed by atoms with van der Waals surface area (Å²) < 4.78 is 22.9. The summed E-state index contributed by atoms with van der Waals surface area (Å²) >= 11 is 0. The van der Waals surface area contributed by atoms with Crippen molar-refractivity contribution in [3.05, 3.63) is 54.1 Å². The number of hydrogen-bond donors (Lipinski definition) is 0. The third-order valence-corrected chi connectivity index (χ3v) is 1.88. The summed E-state index contributed by atoms with van der Waals surface area (Å²) in [5.74, 6) is 0. The molecule has 0 radical (unpaired) electrons. The van der Waals surface area contributed by atoms with Crippen LogP contribution in [0.15, 0.2) is 48.5 Å². The van der Waals surface area contributed by atoms with Gasteiger partial charge in [-0.1, -0.05) is 48.5 Å². The van der Waals surface area contributed by atoms with Gasteiger partial charge in [0.1, 0.15) is 0 Å². The Bertz CT molecular complexity index is 416. The molecule has 0 fully saturated rings. The van der Waals surface area contributed by atoms with E-state index in [2.05, 4.69) is 0 Å². The van der Waals surface area contributed by atoms with Crippen LogP contribution in [0.5, 0.6) is 0 Å². The van der Waals surface area contributed by atoms with Gasteiger partial charge in [-0.15, -0.1) is 0 Å². The van der Waals surface area contributed by atoms with Crippen LogP contribution in [0.25, 0.3) is 5.57 Å². The van der Waals surface area contributed by atoms with Crippen LogP contribution in [-0.4, -0.2) is 0 Å². The van der Waals surface area contributed by atoms with E-state index in [1.807, 2.05) is 30.3 Å². The molecule has 0 saturated carbocycles. The first-order valence-electron chi connectivity index (χ1n) is 5.52. The van der Waals surface area contributed by atoms with E-state index < -0.39 is 6.37 Å². The van der Waals surface area contributed by atoms with Crippen LogP contribution < -0.4 is 0 Å². The summed E-state index contributed by atoms with van der Waals surface area (Å²) in [4.78, 5) is 0. The molecule has 0 N–H and O–H groups in total. The van der Waals surface area contributed by atoms with E-state index in [1.54, 1.807) is 6.08 Å². The van der Waals surface area contributed by atoms with Crippen molar-refractivity contribution in [2.75, 3.05) is 0 Å². The van der Waals surface area contributed by atoms with Crippen LogP contribution in [0.3, 0.4) is 0 Å². The highest BCUT2D eigenvalue weighted by Crippen LogP contribution is 2.22. The molecule has 1 aliphatic rings. The molecule has 0 heteroatoms. The van der Waals surface area contributed by atoms with Gasteiger partial charge in [0.2, 0.25) is 0 Å². The predicted octanol–water partition coefficient (Wildman–Crippen LogP) is 3.42. The molecule has 1 aromatic carbocycles. The number of allylic oxidation sites excluding steroid dienone is 4. The second kappa shape index (κ2) is 3.40. The van der Waals surface area contributed by atoms with Crippen molar-refractivity contribution >= 4 is 5.57 Å². The lowest BCUT2D eigenvalue weighted by Crippen LogP contribution is -1.86. The van der Waals surface area contributed by atoms with E-state index in [-0.39, 0.29) is 6.05 Å². The van der Waals surface area contributed by atoms with Crippen molar-refractivity contribution in [1.29, 1.82) is 0 Å². The zero-order chi connectivity index (χ0) is 10.9. The minimum atomic E-state index is -1.39. The fourth-order valence-corrected chi connectivity index (χ4v) is 1.25. The SMILES string of the molecule is [2H]C1=CC([2H])([2H])CC(c2ccccc2)=C1. The molecule has 0 nitrogen and oxygen atoms in total. The number of rotatable bonds is 1. The summed E-state index contributed by atoms with van der Waals surface area (Å²) in [7, 11) is 0. The van der Waals surface area contributed by atoms with Crippen LogP contribution >= 0.6 is 0 Å². The normalized spacial score (nSPS) is 24.5. The van der Waals surface area contributed by atoms with Gasteiger partial charge in [0.15, 0.2) is 0 Å². The maximum Gasteiger partial charge on any atom is 0.0619 e. The van der Waals surface area contributed by atoms with Gasteiger partial charge in [0, 0.05) is 2.74 Å². The van der Waals surface area contributed by atoms with Crippen molar-refractivity contribution in [2.24, 2.45) is 0 Å². The molecule has 0 unspecified atom stereocenters. The van der Waals surface area contributed by atoms with Gasteiger partial charge in [-0.3, -0.25) is 0 Å². The Kier molecular flexibility index (Phi) is 1.32. The predicted molar refractivity (Wildman–Crippen MR) is 52.8 cm³/mol. The topological polar surface area (TPSA) is 0 Å². The Hall–Kier alpha value is -1.30. The average Bonchev–Trinajstić information content (AvgIpc) is 2.16. The van der Waals surface area contributed by atoms with Crippen LogP contribution in [0, 0.1) is 0 Å². The highest BCUT2D eigenvalue weighted by molar-refractivity contribution is 5.67. The summed E-state index contributed by atoms with van der Waals surface area (Å²) in [6, 6.07) is 9.92. The van der Waals surface area contributed by atoms with E-state index in [4.69, 9.17) is 4.11 Å². The maximum absolute atomic E-state index is 7.67. The zero-order valence-corrected chi connectivity index (χ0v) is 6.75. The maximum atomic E-state index is 7.67. The van der Waals surface area contributed by atoms with E-state index in [0.29, 0.717) is 6.42 Å². The highest BCUT2D eigenvalue weighted by atomic mass is 14.1. The van der Waals surface area contributed by atoms with Crippen molar-refractivity contribution < 1.29 is 4.11 Å². The molecule has 2 rings (SSSR count). The van der Waals surface area contributed by atoms with Crippen LogP contribution in [0.2, 0.25) is 0 Å². The molecule has 60 valence electrons. The number of benzene rings is 1. The van der Waals surface area contributed by atoms with Gasteiger partial charge in [0.05, 0.1) is 1.37 Å². The molecule has 0 aromatic heterocycles. The Morgan fingerprint density at radius 3 is 2.83 bits per heavy atom. The van der Waals surface area contributed by atoms with Crippen molar-refractivity contribution in [3.63, 3.8) is 0 Å². The molecule has 0 aliphatic heterocycles. The highest BCUT2D eigenvalue weighted by Gasteiger charge is 2.00. The Morgan fingerprint density at radius 2 is 2.08 bits per heavy atom. The lowest BCUT2D eigenvalue weighted by atomic mass is 9.98. The molecule has 0 saturated heterocycles. The Labute approximate surface area is 77.5 Å². The van der Waals surface area contributed by atoms with Gasteiger partial charge >= 0.3 is 0 Å². The van der Waals surface area contributed by atoms with Crippen LogP contribution in [-0.2, 0) is 0 Å². The summed E-state index contributed by atoms with van der Waals surface area (Å²) in [6.45, 7) is 0. The summed E-state index contributed by atoms with van der Waals surface area (Å²) in [5, 5.41) is 0. The first-order chi connectivity index (χ1) is 7.07. The summed E-state index contributed by atoms with van der Waals surface area (Å²) in [6.07, 6.45) is 2.05. The molecule has 0 bridgehead atoms. The van der Waals surface area contributed by atoms with E-state index >= 15 is 0 Å². The van der Waals surface area contributed by atoms with Crippen LogP contribution in [0.1, 0.15) is 22.5 Å². The third-order valence-electron chi connectivity index (χ3n) is 1.88. The number of hydrogen-bond acceptors (Lipinski definition) is 0. The van der Waals surface area contributed by atoms with Crippen molar-refractivity contribution in [3.8, 4) is 0 Å². The molecule has 0 heterocycles. The van der Waals surface area contributed by atoms with E-state index in [1.165, 1.54) is 6.08 Å². The molecule has 0 atom stereocenters. The van der Waals surface area contributed by atoms with Crippen molar-refractivity contribution in [1.82, 2.24) is 0 Å². The Morgan fingerprint density at radius 1 is 1.25 bits per heavy atom. The molecule has 0 spiro atoms. The molecular formula is C12H12. The van der Waals surface area contributed by atoms with Crippen LogP contribution in [0.4, 0.5) is 0 Å². The minimum Gasteiger partial charge on any atom is -0.0842 e. The Balaban J connectivity index is 2.37. The second-order valence-electron chi connectivity index (χ2n) is 2.73. The zero-order valence-electron chi connectivity index (χ0n) is 9.75.